The summed E-state index contributed by atoms with van der Waals surface area (Å²) < 4.78 is 0. The van der Waals surface area contributed by atoms with E-state index < -0.39 is 0 Å². The summed E-state index contributed by atoms with van der Waals surface area (Å²) >= 11 is 0. The van der Waals surface area contributed by atoms with Crippen molar-refractivity contribution in [2.75, 3.05) is 11.5 Å². The first-order valence-corrected chi connectivity index (χ1v) is 8.00. The summed E-state index contributed by atoms with van der Waals surface area (Å²) in [7, 11) is 4.12. The molecular formula is C11H24S2. The van der Waals surface area contributed by atoms with Crippen LogP contribution in [-0.4, -0.2) is 11.5 Å². The van der Waals surface area contributed by atoms with E-state index in [0.717, 1.165) is 5.92 Å². The molecule has 0 saturated heterocycles. The van der Waals surface area contributed by atoms with Crippen LogP contribution in [-0.2, 0) is 0 Å². The van der Waals surface area contributed by atoms with E-state index in [1.54, 1.807) is 0 Å². The minimum Gasteiger partial charge on any atom is -0.0942 e. The molecule has 0 heterocycles. The van der Waals surface area contributed by atoms with Gasteiger partial charge in [0.1, 0.15) is 0 Å². The summed E-state index contributed by atoms with van der Waals surface area (Å²) in [6.45, 7) is 6.86. The smallest absolute Gasteiger partial charge is 0.00393 e. The van der Waals surface area contributed by atoms with Gasteiger partial charge in [0.25, 0.3) is 0 Å². The first-order chi connectivity index (χ1) is 6.27. The van der Waals surface area contributed by atoms with Crippen LogP contribution in [0.15, 0.2) is 0 Å². The Labute approximate surface area is 92.0 Å². The SMILES string of the molecule is CCCCCCSSCCC(C)C. The van der Waals surface area contributed by atoms with Crippen LogP contribution in [0.4, 0.5) is 0 Å². The third-order valence-corrected chi connectivity index (χ3v) is 4.47. The summed E-state index contributed by atoms with van der Waals surface area (Å²) in [5, 5.41) is 0. The van der Waals surface area contributed by atoms with Gasteiger partial charge in [-0.05, 0) is 18.8 Å². The third kappa shape index (κ3) is 12.7. The van der Waals surface area contributed by atoms with E-state index in [2.05, 4.69) is 42.4 Å². The highest BCUT2D eigenvalue weighted by Crippen LogP contribution is 2.24. The lowest BCUT2D eigenvalue weighted by molar-refractivity contribution is 0.633. The van der Waals surface area contributed by atoms with Crippen LogP contribution < -0.4 is 0 Å². The molecular weight excluding hydrogens is 196 g/mol. The van der Waals surface area contributed by atoms with Gasteiger partial charge in [-0.2, -0.15) is 0 Å². The zero-order valence-corrected chi connectivity index (χ0v) is 11.0. The second-order valence-electron chi connectivity index (χ2n) is 3.89. The topological polar surface area (TPSA) is 0 Å². The second kappa shape index (κ2) is 10.8. The Kier molecular flexibility index (Phi) is 11.4. The molecule has 0 nitrogen and oxygen atoms in total. The maximum absolute atomic E-state index is 2.30. The van der Waals surface area contributed by atoms with E-state index in [1.165, 1.54) is 43.6 Å². The van der Waals surface area contributed by atoms with Crippen LogP contribution in [0, 0.1) is 5.92 Å². The van der Waals surface area contributed by atoms with E-state index in [4.69, 9.17) is 0 Å². The van der Waals surface area contributed by atoms with Gasteiger partial charge in [-0.15, -0.1) is 0 Å². The fourth-order valence-corrected chi connectivity index (χ4v) is 3.46. The molecule has 0 aliphatic rings. The Morgan fingerprint density at radius 3 is 2.23 bits per heavy atom. The highest BCUT2D eigenvalue weighted by atomic mass is 33.1. The molecule has 0 fully saturated rings. The predicted molar refractivity (Wildman–Crippen MR) is 68.5 cm³/mol. The minimum atomic E-state index is 0.869. The van der Waals surface area contributed by atoms with Crippen molar-refractivity contribution in [1.82, 2.24) is 0 Å². The number of hydrogen-bond donors (Lipinski definition) is 0. The lowest BCUT2D eigenvalue weighted by Gasteiger charge is -2.03. The monoisotopic (exact) mass is 220 g/mol. The fourth-order valence-electron chi connectivity index (χ4n) is 0.989. The summed E-state index contributed by atoms with van der Waals surface area (Å²) in [6, 6.07) is 0. The number of rotatable bonds is 9. The average molecular weight is 220 g/mol. The molecule has 0 aromatic heterocycles. The highest BCUT2D eigenvalue weighted by Gasteiger charge is 1.94. The van der Waals surface area contributed by atoms with Gasteiger partial charge in [0, 0.05) is 11.5 Å². The molecule has 0 N–H and O–H groups in total. The predicted octanol–water partition coefficient (Wildman–Crippen LogP) is 4.99. The van der Waals surface area contributed by atoms with Crippen LogP contribution in [0.2, 0.25) is 0 Å². The number of hydrogen-bond acceptors (Lipinski definition) is 2. The molecule has 0 aromatic carbocycles. The van der Waals surface area contributed by atoms with E-state index in [9.17, 15) is 0 Å². The zero-order valence-electron chi connectivity index (χ0n) is 9.34. The Morgan fingerprint density at radius 2 is 1.62 bits per heavy atom. The van der Waals surface area contributed by atoms with Crippen LogP contribution in [0.3, 0.4) is 0 Å². The molecule has 2 heteroatoms. The molecule has 0 saturated carbocycles. The van der Waals surface area contributed by atoms with Gasteiger partial charge >= 0.3 is 0 Å². The molecule has 0 rings (SSSR count). The van der Waals surface area contributed by atoms with E-state index >= 15 is 0 Å². The Hall–Kier alpha value is 0.700. The Bertz CT molecular complexity index is 92.1. The average Bonchev–Trinajstić information content (AvgIpc) is 2.09. The zero-order chi connectivity index (χ0) is 9.94. The Balaban J connectivity index is 2.84. The third-order valence-electron chi connectivity index (χ3n) is 1.94. The van der Waals surface area contributed by atoms with E-state index in [1.807, 2.05) is 0 Å². The molecule has 0 aliphatic carbocycles. The maximum atomic E-state index is 2.30. The molecule has 0 unspecified atom stereocenters. The van der Waals surface area contributed by atoms with Crippen molar-refractivity contribution in [2.45, 2.75) is 52.9 Å². The van der Waals surface area contributed by atoms with Crippen molar-refractivity contribution in [3.05, 3.63) is 0 Å². The molecule has 0 atom stereocenters. The molecule has 0 spiro atoms. The van der Waals surface area contributed by atoms with Gasteiger partial charge < -0.3 is 0 Å². The second-order valence-corrected chi connectivity index (χ2v) is 6.59. The van der Waals surface area contributed by atoms with Crippen molar-refractivity contribution in [3.63, 3.8) is 0 Å². The quantitative estimate of drug-likeness (QED) is 0.396. The van der Waals surface area contributed by atoms with Crippen molar-refractivity contribution in [3.8, 4) is 0 Å². The van der Waals surface area contributed by atoms with E-state index in [0.29, 0.717) is 0 Å². The molecule has 80 valence electrons. The fraction of sp³-hybridized carbons (Fsp3) is 1.00. The molecule has 0 bridgehead atoms. The lowest BCUT2D eigenvalue weighted by Crippen LogP contribution is -1.88. The van der Waals surface area contributed by atoms with Gasteiger partial charge in [-0.1, -0.05) is 61.6 Å². The summed E-state index contributed by atoms with van der Waals surface area (Å²) in [6.07, 6.45) is 6.97. The Morgan fingerprint density at radius 1 is 0.923 bits per heavy atom. The summed E-state index contributed by atoms with van der Waals surface area (Å²) in [5.74, 6) is 3.55. The van der Waals surface area contributed by atoms with E-state index in [-0.39, 0.29) is 0 Å². The van der Waals surface area contributed by atoms with Crippen LogP contribution >= 0.6 is 21.6 Å². The van der Waals surface area contributed by atoms with Crippen molar-refractivity contribution in [1.29, 1.82) is 0 Å². The lowest BCUT2D eigenvalue weighted by atomic mass is 10.2. The standard InChI is InChI=1S/C11H24S2/c1-4-5-6-7-9-12-13-10-8-11(2)3/h11H,4-10H2,1-3H3. The molecule has 13 heavy (non-hydrogen) atoms. The first kappa shape index (κ1) is 13.7. The minimum absolute atomic E-state index is 0.869. The normalized spacial score (nSPS) is 11.1. The van der Waals surface area contributed by atoms with Gasteiger partial charge in [0.05, 0.1) is 0 Å². The first-order valence-electron chi connectivity index (χ1n) is 5.51. The summed E-state index contributed by atoms with van der Waals surface area (Å²) in [5.41, 5.74) is 0. The van der Waals surface area contributed by atoms with Crippen molar-refractivity contribution < 1.29 is 0 Å². The highest BCUT2D eigenvalue weighted by molar-refractivity contribution is 8.76. The maximum Gasteiger partial charge on any atom is 0.00393 e. The van der Waals surface area contributed by atoms with Crippen molar-refractivity contribution >= 4 is 21.6 Å². The molecule has 0 radical (unpaired) electrons. The van der Waals surface area contributed by atoms with Crippen LogP contribution in [0.5, 0.6) is 0 Å². The largest absolute Gasteiger partial charge is 0.0942 e. The van der Waals surface area contributed by atoms with Gasteiger partial charge in [-0.3, -0.25) is 0 Å². The number of unbranched alkanes of at least 4 members (excludes halogenated alkanes) is 3. The molecule has 0 aliphatic heterocycles. The molecule has 0 amide bonds. The van der Waals surface area contributed by atoms with Crippen molar-refractivity contribution in [2.24, 2.45) is 5.92 Å². The summed E-state index contributed by atoms with van der Waals surface area (Å²) in [4.78, 5) is 0. The van der Waals surface area contributed by atoms with Gasteiger partial charge in [-0.25, -0.2) is 0 Å². The molecule has 0 aromatic rings. The van der Waals surface area contributed by atoms with Crippen LogP contribution in [0.1, 0.15) is 52.9 Å². The van der Waals surface area contributed by atoms with Gasteiger partial charge in [0.2, 0.25) is 0 Å². The van der Waals surface area contributed by atoms with Gasteiger partial charge in [0.15, 0.2) is 0 Å². The van der Waals surface area contributed by atoms with Crippen LogP contribution in [0.25, 0.3) is 0 Å².